The van der Waals surface area contributed by atoms with Gasteiger partial charge in [0.2, 0.25) is 0 Å². The molecule has 3 nitrogen and oxygen atoms in total. The van der Waals surface area contributed by atoms with Crippen LogP contribution in [0.2, 0.25) is 0 Å². The van der Waals surface area contributed by atoms with Crippen LogP contribution in [0.25, 0.3) is 0 Å². The lowest BCUT2D eigenvalue weighted by Gasteiger charge is -2.35. The van der Waals surface area contributed by atoms with E-state index < -0.39 is 5.82 Å². The first-order valence-corrected chi connectivity index (χ1v) is 7.29. The third-order valence-corrected chi connectivity index (χ3v) is 3.66. The zero-order chi connectivity index (χ0) is 14.5. The Morgan fingerprint density at radius 1 is 1.35 bits per heavy atom. The summed E-state index contributed by atoms with van der Waals surface area (Å²) in [5.74, 6) is -0.0942. The van der Waals surface area contributed by atoms with Gasteiger partial charge in [0, 0.05) is 11.6 Å². The summed E-state index contributed by atoms with van der Waals surface area (Å²) in [6.45, 7) is 6.90. The van der Waals surface area contributed by atoms with E-state index in [0.717, 1.165) is 37.9 Å². The molecule has 0 aliphatic carbocycles. The molecular formula is C16H21FN2O. The first-order valence-electron chi connectivity index (χ1n) is 7.29. The van der Waals surface area contributed by atoms with Gasteiger partial charge in [0.05, 0.1) is 11.6 Å². The highest BCUT2D eigenvalue weighted by Crippen LogP contribution is 2.30. The molecule has 1 unspecified atom stereocenters. The third kappa shape index (κ3) is 3.10. The van der Waals surface area contributed by atoms with Crippen LogP contribution in [0.4, 0.5) is 4.39 Å². The zero-order valence-electron chi connectivity index (χ0n) is 12.2. The molecule has 0 bridgehead atoms. The van der Waals surface area contributed by atoms with E-state index in [1.165, 1.54) is 6.07 Å². The Balaban J connectivity index is 2.21. The number of hydrogen-bond acceptors (Lipinski definition) is 3. The number of rotatable bonds is 5. The standard InChI is InChI=1S/C16H21FN2O/c1-3-5-19(6-4-2)14-9-13-7-12(10-18)8-15(17)16(13)20-11-14/h7-8,14H,3-6,9,11H2,1-2H3. The fourth-order valence-electron chi connectivity index (χ4n) is 2.81. The predicted molar refractivity (Wildman–Crippen MR) is 76.3 cm³/mol. The summed E-state index contributed by atoms with van der Waals surface area (Å²) >= 11 is 0. The van der Waals surface area contributed by atoms with E-state index in [9.17, 15) is 4.39 Å². The maximum absolute atomic E-state index is 13.9. The van der Waals surface area contributed by atoms with E-state index in [2.05, 4.69) is 18.7 Å². The normalized spacial score (nSPS) is 17.4. The minimum Gasteiger partial charge on any atom is -0.489 e. The molecule has 0 saturated heterocycles. The Bertz CT molecular complexity index is 504. The van der Waals surface area contributed by atoms with E-state index >= 15 is 0 Å². The molecule has 1 aliphatic heterocycles. The van der Waals surface area contributed by atoms with E-state index in [-0.39, 0.29) is 6.04 Å². The van der Waals surface area contributed by atoms with Crippen LogP contribution in [0.3, 0.4) is 0 Å². The molecule has 1 aromatic rings. The van der Waals surface area contributed by atoms with Gasteiger partial charge in [-0.2, -0.15) is 5.26 Å². The summed E-state index contributed by atoms with van der Waals surface area (Å²) in [5.41, 5.74) is 1.18. The van der Waals surface area contributed by atoms with Gasteiger partial charge < -0.3 is 4.74 Å². The lowest BCUT2D eigenvalue weighted by Crippen LogP contribution is -2.44. The van der Waals surface area contributed by atoms with Crippen molar-refractivity contribution in [3.63, 3.8) is 0 Å². The topological polar surface area (TPSA) is 36.3 Å². The fraction of sp³-hybridized carbons (Fsp3) is 0.562. The van der Waals surface area contributed by atoms with Gasteiger partial charge in [-0.05, 0) is 44.5 Å². The number of nitriles is 1. The van der Waals surface area contributed by atoms with Gasteiger partial charge in [-0.1, -0.05) is 13.8 Å². The number of fused-ring (bicyclic) bond motifs is 1. The highest BCUT2D eigenvalue weighted by molar-refractivity contribution is 5.44. The van der Waals surface area contributed by atoms with Crippen molar-refractivity contribution in [2.24, 2.45) is 0 Å². The highest BCUT2D eigenvalue weighted by atomic mass is 19.1. The fourth-order valence-corrected chi connectivity index (χ4v) is 2.81. The van der Waals surface area contributed by atoms with Crippen LogP contribution < -0.4 is 4.74 Å². The second kappa shape index (κ2) is 6.71. The number of nitrogens with zero attached hydrogens (tertiary/aromatic N) is 2. The van der Waals surface area contributed by atoms with Crippen molar-refractivity contribution in [1.29, 1.82) is 5.26 Å². The van der Waals surface area contributed by atoms with Crippen LogP contribution in [0.5, 0.6) is 5.75 Å². The van der Waals surface area contributed by atoms with Crippen molar-refractivity contribution in [3.05, 3.63) is 29.1 Å². The monoisotopic (exact) mass is 276 g/mol. The second-order valence-electron chi connectivity index (χ2n) is 5.26. The van der Waals surface area contributed by atoms with Crippen LogP contribution in [0, 0.1) is 17.1 Å². The van der Waals surface area contributed by atoms with Crippen molar-refractivity contribution < 1.29 is 9.13 Å². The third-order valence-electron chi connectivity index (χ3n) is 3.66. The predicted octanol–water partition coefficient (Wildman–Crippen LogP) is 3.12. The first kappa shape index (κ1) is 14.8. The minimum absolute atomic E-state index is 0.274. The van der Waals surface area contributed by atoms with Gasteiger partial charge in [-0.15, -0.1) is 0 Å². The van der Waals surface area contributed by atoms with Crippen molar-refractivity contribution in [1.82, 2.24) is 4.90 Å². The number of benzene rings is 1. The van der Waals surface area contributed by atoms with Gasteiger partial charge in [0.15, 0.2) is 11.6 Å². The summed E-state index contributed by atoms with van der Waals surface area (Å²) < 4.78 is 19.5. The molecule has 0 N–H and O–H groups in total. The number of hydrogen-bond donors (Lipinski definition) is 0. The Hall–Kier alpha value is -1.60. The number of halogens is 1. The van der Waals surface area contributed by atoms with Crippen LogP contribution >= 0.6 is 0 Å². The van der Waals surface area contributed by atoms with E-state index in [4.69, 9.17) is 10.00 Å². The molecule has 0 spiro atoms. The smallest absolute Gasteiger partial charge is 0.166 e. The Morgan fingerprint density at radius 2 is 2.05 bits per heavy atom. The van der Waals surface area contributed by atoms with Crippen molar-refractivity contribution in [2.75, 3.05) is 19.7 Å². The molecule has 0 saturated carbocycles. The van der Waals surface area contributed by atoms with Crippen molar-refractivity contribution >= 4 is 0 Å². The van der Waals surface area contributed by atoms with Crippen LogP contribution in [0.1, 0.15) is 37.8 Å². The average molecular weight is 276 g/mol. The largest absolute Gasteiger partial charge is 0.489 e. The Kier molecular flexibility index (Phi) is 4.97. The van der Waals surface area contributed by atoms with E-state index in [0.29, 0.717) is 17.9 Å². The van der Waals surface area contributed by atoms with Crippen molar-refractivity contribution in [2.45, 2.75) is 39.2 Å². The Labute approximate surface area is 120 Å². The molecule has 0 radical (unpaired) electrons. The van der Waals surface area contributed by atoms with Crippen LogP contribution in [-0.2, 0) is 6.42 Å². The van der Waals surface area contributed by atoms with E-state index in [1.54, 1.807) is 6.07 Å². The van der Waals surface area contributed by atoms with Gasteiger partial charge >= 0.3 is 0 Å². The molecule has 1 aromatic carbocycles. The molecule has 2 rings (SSSR count). The second-order valence-corrected chi connectivity index (χ2v) is 5.26. The molecule has 1 aliphatic rings. The Morgan fingerprint density at radius 3 is 2.65 bits per heavy atom. The van der Waals surface area contributed by atoms with Crippen LogP contribution in [-0.4, -0.2) is 30.6 Å². The van der Waals surface area contributed by atoms with Gasteiger partial charge in [-0.3, -0.25) is 4.90 Å². The zero-order valence-corrected chi connectivity index (χ0v) is 12.2. The highest BCUT2D eigenvalue weighted by Gasteiger charge is 2.27. The molecule has 108 valence electrons. The number of ether oxygens (including phenoxy) is 1. The lowest BCUT2D eigenvalue weighted by molar-refractivity contribution is 0.116. The first-order chi connectivity index (χ1) is 9.69. The molecule has 1 heterocycles. The summed E-state index contributed by atoms with van der Waals surface area (Å²) in [5, 5.41) is 8.94. The quantitative estimate of drug-likeness (QED) is 0.829. The SMILES string of the molecule is CCCN(CCC)C1COc2c(F)cc(C#N)cc2C1. The molecule has 0 aromatic heterocycles. The van der Waals surface area contributed by atoms with E-state index in [1.807, 2.05) is 6.07 Å². The van der Waals surface area contributed by atoms with Gasteiger partial charge in [0.1, 0.15) is 6.61 Å². The van der Waals surface area contributed by atoms with Crippen molar-refractivity contribution in [3.8, 4) is 11.8 Å². The molecule has 4 heteroatoms. The lowest BCUT2D eigenvalue weighted by atomic mass is 9.98. The molecule has 1 atom stereocenters. The molecular weight excluding hydrogens is 255 g/mol. The summed E-state index contributed by atoms with van der Waals surface area (Å²) in [4.78, 5) is 2.40. The maximum Gasteiger partial charge on any atom is 0.166 e. The van der Waals surface area contributed by atoms with Gasteiger partial charge in [0.25, 0.3) is 0 Å². The average Bonchev–Trinajstić information content (AvgIpc) is 2.46. The summed E-state index contributed by atoms with van der Waals surface area (Å²) in [7, 11) is 0. The minimum atomic E-state index is -0.421. The van der Waals surface area contributed by atoms with Gasteiger partial charge in [-0.25, -0.2) is 4.39 Å². The molecule has 0 fully saturated rings. The summed E-state index contributed by atoms with van der Waals surface area (Å²) in [6.07, 6.45) is 2.94. The molecule has 0 amide bonds. The summed E-state index contributed by atoms with van der Waals surface area (Å²) in [6, 6.07) is 5.27. The van der Waals surface area contributed by atoms with Crippen LogP contribution in [0.15, 0.2) is 12.1 Å². The maximum atomic E-state index is 13.9. The molecule has 20 heavy (non-hydrogen) atoms.